The first kappa shape index (κ1) is 11.3. The van der Waals surface area contributed by atoms with Gasteiger partial charge in [-0.2, -0.15) is 4.98 Å². The second-order valence-electron chi connectivity index (χ2n) is 3.39. The maximum absolute atomic E-state index is 13.4. The molecule has 2 rings (SSSR count). The number of hydrogen-bond donors (Lipinski definition) is 1. The van der Waals surface area contributed by atoms with E-state index in [1.165, 1.54) is 12.1 Å². The van der Waals surface area contributed by atoms with E-state index in [2.05, 4.69) is 10.1 Å². The van der Waals surface area contributed by atoms with Gasteiger partial charge in [0.2, 0.25) is 11.7 Å². The van der Waals surface area contributed by atoms with Crippen molar-refractivity contribution >= 4 is 5.97 Å². The molecule has 0 aliphatic carbocycles. The van der Waals surface area contributed by atoms with E-state index in [4.69, 9.17) is 9.63 Å². The van der Waals surface area contributed by atoms with Gasteiger partial charge in [0.15, 0.2) is 0 Å². The number of carbonyl (C=O) groups is 1. The molecule has 0 spiro atoms. The first-order valence-corrected chi connectivity index (χ1v) is 4.96. The van der Waals surface area contributed by atoms with Crippen molar-refractivity contribution in [2.24, 2.45) is 0 Å². The Bertz CT molecular complexity index is 539. The van der Waals surface area contributed by atoms with Crippen LogP contribution < -0.4 is 0 Å². The van der Waals surface area contributed by atoms with Crippen LogP contribution in [0.2, 0.25) is 0 Å². The lowest BCUT2D eigenvalue weighted by Crippen LogP contribution is -1.97. The van der Waals surface area contributed by atoms with Crippen LogP contribution in [0.4, 0.5) is 4.39 Å². The monoisotopic (exact) mass is 236 g/mol. The Labute approximate surface area is 95.9 Å². The molecule has 6 heteroatoms. The van der Waals surface area contributed by atoms with Gasteiger partial charge in [-0.15, -0.1) is 0 Å². The highest BCUT2D eigenvalue weighted by Gasteiger charge is 2.12. The number of nitrogens with zero attached hydrogens (tertiary/aromatic N) is 2. The third-order valence-electron chi connectivity index (χ3n) is 2.14. The highest BCUT2D eigenvalue weighted by Crippen LogP contribution is 2.19. The number of aromatic nitrogens is 2. The lowest BCUT2D eigenvalue weighted by atomic mass is 10.2. The van der Waals surface area contributed by atoms with E-state index < -0.39 is 11.8 Å². The van der Waals surface area contributed by atoms with Crippen LogP contribution in [0.25, 0.3) is 11.4 Å². The Morgan fingerprint density at radius 2 is 2.18 bits per heavy atom. The van der Waals surface area contributed by atoms with Gasteiger partial charge in [-0.05, 0) is 12.1 Å². The van der Waals surface area contributed by atoms with E-state index in [-0.39, 0.29) is 30.1 Å². The van der Waals surface area contributed by atoms with Crippen LogP contribution in [-0.2, 0) is 11.2 Å². The van der Waals surface area contributed by atoms with Crippen molar-refractivity contribution in [1.82, 2.24) is 10.1 Å². The van der Waals surface area contributed by atoms with E-state index in [0.717, 1.165) is 0 Å². The van der Waals surface area contributed by atoms with Crippen molar-refractivity contribution in [1.29, 1.82) is 0 Å². The zero-order valence-corrected chi connectivity index (χ0v) is 8.76. The van der Waals surface area contributed by atoms with Crippen LogP contribution in [-0.4, -0.2) is 21.2 Å². The predicted octanol–water partition coefficient (Wildman–Crippen LogP) is 1.89. The minimum Gasteiger partial charge on any atom is -0.481 e. The summed E-state index contributed by atoms with van der Waals surface area (Å²) in [5.74, 6) is -1.08. The molecule has 2 aromatic rings. The molecule has 1 aromatic heterocycles. The summed E-state index contributed by atoms with van der Waals surface area (Å²) in [5.41, 5.74) is 0.234. The summed E-state index contributed by atoms with van der Waals surface area (Å²) in [4.78, 5) is 14.3. The molecule has 0 aliphatic heterocycles. The molecular formula is C11H9FN2O3. The van der Waals surface area contributed by atoms with Gasteiger partial charge in [0.1, 0.15) is 5.82 Å². The van der Waals surface area contributed by atoms with Gasteiger partial charge in [0.05, 0.1) is 12.0 Å². The molecule has 1 heterocycles. The van der Waals surface area contributed by atoms with Crippen molar-refractivity contribution in [2.45, 2.75) is 12.8 Å². The molecule has 0 saturated carbocycles. The summed E-state index contributed by atoms with van der Waals surface area (Å²) in [7, 11) is 0. The lowest BCUT2D eigenvalue weighted by molar-refractivity contribution is -0.137. The fourth-order valence-electron chi connectivity index (χ4n) is 1.32. The second kappa shape index (κ2) is 4.73. The maximum Gasteiger partial charge on any atom is 0.303 e. The molecule has 0 bridgehead atoms. The Balaban J connectivity index is 2.18. The Kier molecular flexibility index (Phi) is 3.13. The number of aliphatic carboxylic acids is 1. The molecule has 1 aromatic carbocycles. The quantitative estimate of drug-likeness (QED) is 0.877. The third-order valence-corrected chi connectivity index (χ3v) is 2.14. The average molecular weight is 236 g/mol. The third kappa shape index (κ3) is 2.66. The molecule has 0 radical (unpaired) electrons. The van der Waals surface area contributed by atoms with Crippen molar-refractivity contribution < 1.29 is 18.8 Å². The minimum atomic E-state index is -0.948. The number of benzene rings is 1. The molecular weight excluding hydrogens is 227 g/mol. The van der Waals surface area contributed by atoms with Gasteiger partial charge >= 0.3 is 5.97 Å². The smallest absolute Gasteiger partial charge is 0.303 e. The normalized spacial score (nSPS) is 10.4. The first-order valence-electron chi connectivity index (χ1n) is 4.96. The van der Waals surface area contributed by atoms with Gasteiger partial charge in [-0.3, -0.25) is 4.79 Å². The lowest BCUT2D eigenvalue weighted by Gasteiger charge is -1.94. The molecule has 0 atom stereocenters. The van der Waals surface area contributed by atoms with Crippen molar-refractivity contribution in [3.05, 3.63) is 36.0 Å². The van der Waals surface area contributed by atoms with Gasteiger partial charge < -0.3 is 9.63 Å². The molecule has 5 nitrogen and oxygen atoms in total. The summed E-state index contributed by atoms with van der Waals surface area (Å²) in [6.45, 7) is 0. The largest absolute Gasteiger partial charge is 0.481 e. The number of aryl methyl sites for hydroxylation is 1. The van der Waals surface area contributed by atoms with Crippen LogP contribution in [0.3, 0.4) is 0 Å². The number of halogens is 1. The van der Waals surface area contributed by atoms with Gasteiger partial charge in [0.25, 0.3) is 0 Å². The summed E-state index contributed by atoms with van der Waals surface area (Å²) in [6.07, 6.45) is 0.0374. The van der Waals surface area contributed by atoms with Crippen LogP contribution >= 0.6 is 0 Å². The van der Waals surface area contributed by atoms with Crippen molar-refractivity contribution in [3.63, 3.8) is 0 Å². The van der Waals surface area contributed by atoms with Crippen LogP contribution in [0.15, 0.2) is 28.8 Å². The maximum atomic E-state index is 13.4. The summed E-state index contributed by atoms with van der Waals surface area (Å²) in [5, 5.41) is 12.1. The summed E-state index contributed by atoms with van der Waals surface area (Å²) in [6, 6.07) is 6.04. The van der Waals surface area contributed by atoms with Crippen LogP contribution in [0.1, 0.15) is 12.3 Å². The second-order valence-corrected chi connectivity index (χ2v) is 3.39. The van der Waals surface area contributed by atoms with Gasteiger partial charge in [-0.1, -0.05) is 17.3 Å². The molecule has 0 unspecified atom stereocenters. The van der Waals surface area contributed by atoms with E-state index >= 15 is 0 Å². The highest BCUT2D eigenvalue weighted by molar-refractivity contribution is 5.66. The highest BCUT2D eigenvalue weighted by atomic mass is 19.1. The molecule has 88 valence electrons. The summed E-state index contributed by atoms with van der Waals surface area (Å²) < 4.78 is 18.2. The molecule has 0 fully saturated rings. The first-order chi connectivity index (χ1) is 8.16. The Morgan fingerprint density at radius 1 is 1.41 bits per heavy atom. The standard InChI is InChI=1S/C11H9FN2O3/c12-8-4-2-1-3-7(8)11-13-9(17-14-11)5-6-10(15)16/h1-4H,5-6H2,(H,15,16). The number of hydrogen-bond acceptors (Lipinski definition) is 4. The fraction of sp³-hybridized carbons (Fsp3) is 0.182. The fourth-order valence-corrected chi connectivity index (χ4v) is 1.32. The Morgan fingerprint density at radius 3 is 2.88 bits per heavy atom. The SMILES string of the molecule is O=C(O)CCc1nc(-c2ccccc2F)no1. The predicted molar refractivity (Wildman–Crippen MR) is 55.6 cm³/mol. The van der Waals surface area contributed by atoms with Gasteiger partial charge in [0, 0.05) is 6.42 Å². The van der Waals surface area contributed by atoms with Crippen LogP contribution in [0.5, 0.6) is 0 Å². The van der Waals surface area contributed by atoms with E-state index in [9.17, 15) is 9.18 Å². The minimum absolute atomic E-state index is 0.0983. The van der Waals surface area contributed by atoms with E-state index in [1.807, 2.05) is 0 Å². The number of rotatable bonds is 4. The van der Waals surface area contributed by atoms with E-state index in [1.54, 1.807) is 12.1 Å². The average Bonchev–Trinajstić information content (AvgIpc) is 2.75. The molecule has 17 heavy (non-hydrogen) atoms. The molecule has 0 aliphatic rings. The zero-order valence-electron chi connectivity index (χ0n) is 8.76. The topological polar surface area (TPSA) is 76.2 Å². The van der Waals surface area contributed by atoms with Crippen molar-refractivity contribution in [3.8, 4) is 11.4 Å². The molecule has 0 saturated heterocycles. The van der Waals surface area contributed by atoms with E-state index in [0.29, 0.717) is 0 Å². The van der Waals surface area contributed by atoms with Crippen LogP contribution in [0, 0.1) is 5.82 Å². The number of carboxylic acids is 1. The van der Waals surface area contributed by atoms with Gasteiger partial charge in [-0.25, -0.2) is 4.39 Å². The molecule has 1 N–H and O–H groups in total. The zero-order chi connectivity index (χ0) is 12.3. The number of carboxylic acid groups (broad SMARTS) is 1. The summed E-state index contributed by atoms with van der Waals surface area (Å²) >= 11 is 0. The Hall–Kier alpha value is -2.24. The molecule has 0 amide bonds. The van der Waals surface area contributed by atoms with Crippen molar-refractivity contribution in [2.75, 3.05) is 0 Å².